The lowest BCUT2D eigenvalue weighted by atomic mass is 10.1. The van der Waals surface area contributed by atoms with Gasteiger partial charge in [0.25, 0.3) is 5.56 Å². The van der Waals surface area contributed by atoms with Gasteiger partial charge in [0.15, 0.2) is 16.9 Å². The van der Waals surface area contributed by atoms with Crippen molar-refractivity contribution in [1.82, 2.24) is 24.8 Å². The van der Waals surface area contributed by atoms with Gasteiger partial charge in [-0.1, -0.05) is 18.6 Å². The first kappa shape index (κ1) is 30.0. The van der Waals surface area contributed by atoms with E-state index in [1.807, 2.05) is 6.92 Å². The van der Waals surface area contributed by atoms with Gasteiger partial charge >= 0.3 is 23.5 Å². The van der Waals surface area contributed by atoms with Gasteiger partial charge in [-0.25, -0.2) is 13.7 Å². The van der Waals surface area contributed by atoms with Crippen molar-refractivity contribution in [2.24, 2.45) is 5.73 Å². The summed E-state index contributed by atoms with van der Waals surface area (Å²) in [6.07, 6.45) is -6.03. The fourth-order valence-corrected chi connectivity index (χ4v) is 6.43. The predicted molar refractivity (Wildman–Crippen MR) is 122 cm³/mol. The molecule has 0 bridgehead atoms. The van der Waals surface area contributed by atoms with Crippen LogP contribution >= 0.6 is 35.7 Å². The van der Waals surface area contributed by atoms with Gasteiger partial charge in [0.1, 0.15) is 23.8 Å². The first-order valence-corrected chi connectivity index (χ1v) is 14.9. The van der Waals surface area contributed by atoms with Crippen molar-refractivity contribution in [3.63, 3.8) is 0 Å². The van der Waals surface area contributed by atoms with E-state index in [1.165, 1.54) is 0 Å². The summed E-state index contributed by atoms with van der Waals surface area (Å²) in [4.78, 5) is 49.0. The van der Waals surface area contributed by atoms with Crippen LogP contribution < -0.4 is 11.3 Å². The highest BCUT2D eigenvalue weighted by Gasteiger charge is 2.47. The molecule has 6 unspecified atom stereocenters. The van der Waals surface area contributed by atoms with E-state index in [1.54, 1.807) is 0 Å². The zero-order chi connectivity index (χ0) is 27.9. The van der Waals surface area contributed by atoms with E-state index in [2.05, 4.69) is 28.6 Å². The Morgan fingerprint density at radius 1 is 1.14 bits per heavy atom. The molecule has 0 saturated carbocycles. The number of aromatic nitrogens is 5. The molecule has 0 radical (unpaired) electrons. The number of aliphatic hydroxyl groups is 2. The van der Waals surface area contributed by atoms with Crippen LogP contribution in [-0.4, -0.2) is 84.6 Å². The van der Waals surface area contributed by atoms with E-state index in [9.17, 15) is 38.5 Å². The Kier molecular flexibility index (Phi) is 8.85. The Balaban J connectivity index is 1.82. The SMILES string of the molecule is CCCc1nn(C(N)=S)c2c(=O)n(C3OC(COP(=O)(O)OP(=O)(O)OP(=O)(O)O)C(O)C3O)nnc12. The molecule has 2 aromatic heterocycles. The highest BCUT2D eigenvalue weighted by atomic mass is 32.1. The molecule has 0 spiro atoms. The lowest BCUT2D eigenvalue weighted by Crippen LogP contribution is -2.38. The van der Waals surface area contributed by atoms with Crippen LogP contribution in [0, 0.1) is 0 Å². The van der Waals surface area contributed by atoms with Crippen LogP contribution in [0.2, 0.25) is 0 Å². The molecule has 1 fully saturated rings. The Labute approximate surface area is 211 Å². The highest BCUT2D eigenvalue weighted by molar-refractivity contribution is 7.80. The van der Waals surface area contributed by atoms with Gasteiger partial charge in [0.2, 0.25) is 0 Å². The minimum Gasteiger partial charge on any atom is -0.387 e. The number of fused-ring (bicyclic) bond motifs is 1. The molecule has 208 valence electrons. The van der Waals surface area contributed by atoms with E-state index in [-0.39, 0.29) is 16.1 Å². The molecule has 8 N–H and O–H groups in total. The molecular weight excluding hydrogens is 589 g/mol. The number of ether oxygens (including phenoxy) is 1. The summed E-state index contributed by atoms with van der Waals surface area (Å²) in [6, 6.07) is 0. The second-order valence-electron chi connectivity index (χ2n) is 7.42. The summed E-state index contributed by atoms with van der Waals surface area (Å²) in [5, 5.41) is 32.2. The topological polar surface area (TPSA) is 301 Å². The minimum atomic E-state index is -5.78. The average molecular weight is 610 g/mol. The number of phosphoric acid groups is 3. The second-order valence-corrected chi connectivity index (χ2v) is 12.3. The molecule has 0 aliphatic carbocycles. The predicted octanol–water partition coefficient (Wildman–Crippen LogP) is -2.01. The van der Waals surface area contributed by atoms with E-state index < -0.39 is 60.2 Å². The molecule has 0 aromatic carbocycles. The normalized spacial score (nSPS) is 25.7. The number of hydrogen-bond acceptors (Lipinski definition) is 14. The van der Waals surface area contributed by atoms with Crippen LogP contribution in [0.15, 0.2) is 4.79 Å². The molecule has 24 heteroatoms. The molecule has 1 aliphatic heterocycles. The molecule has 37 heavy (non-hydrogen) atoms. The monoisotopic (exact) mass is 610 g/mol. The van der Waals surface area contributed by atoms with Crippen molar-refractivity contribution >= 4 is 51.8 Å². The average Bonchev–Trinajstić information content (AvgIpc) is 3.24. The maximum atomic E-state index is 13.1. The third-order valence-corrected chi connectivity index (χ3v) is 8.65. The van der Waals surface area contributed by atoms with Gasteiger partial charge in [0, 0.05) is 0 Å². The maximum Gasteiger partial charge on any atom is 0.490 e. The Morgan fingerprint density at radius 2 is 1.78 bits per heavy atom. The summed E-state index contributed by atoms with van der Waals surface area (Å²) in [5.41, 5.74) is 5.00. The van der Waals surface area contributed by atoms with E-state index in [0.717, 1.165) is 4.68 Å². The quantitative estimate of drug-likeness (QED) is 0.113. The zero-order valence-electron chi connectivity index (χ0n) is 18.4. The second kappa shape index (κ2) is 10.9. The Hall–Kier alpha value is -1.54. The number of hydrogen-bond donors (Lipinski definition) is 7. The summed E-state index contributed by atoms with van der Waals surface area (Å²) in [6.45, 7) is 0.765. The van der Waals surface area contributed by atoms with Gasteiger partial charge in [-0.15, -0.1) is 5.10 Å². The Bertz CT molecular complexity index is 1390. The molecule has 2 aromatic rings. The number of phosphoric ester groups is 1. The van der Waals surface area contributed by atoms with Crippen LogP contribution in [-0.2, 0) is 38.0 Å². The largest absolute Gasteiger partial charge is 0.490 e. The molecule has 20 nitrogen and oxygen atoms in total. The number of thiocarbonyl (C=S) groups is 1. The fraction of sp³-hybridized carbons (Fsp3) is 0.615. The fourth-order valence-electron chi connectivity index (χ4n) is 3.26. The van der Waals surface area contributed by atoms with Crippen molar-refractivity contribution in [1.29, 1.82) is 0 Å². The first-order chi connectivity index (χ1) is 17.0. The highest BCUT2D eigenvalue weighted by Crippen LogP contribution is 2.66. The number of nitrogens with two attached hydrogens (primary N) is 1. The van der Waals surface area contributed by atoms with Gasteiger partial charge in [0.05, 0.1) is 12.3 Å². The number of rotatable bonds is 10. The summed E-state index contributed by atoms with van der Waals surface area (Å²) < 4.78 is 52.4. The Morgan fingerprint density at radius 3 is 2.35 bits per heavy atom. The first-order valence-electron chi connectivity index (χ1n) is 9.93. The molecular formula is C13H21N6O14P3S. The van der Waals surface area contributed by atoms with Crippen LogP contribution in [0.25, 0.3) is 11.0 Å². The number of nitrogens with zero attached hydrogens (tertiary/aromatic N) is 5. The molecule has 1 aliphatic rings. The third-order valence-electron chi connectivity index (χ3n) is 4.67. The van der Waals surface area contributed by atoms with Gasteiger partial charge in [-0.2, -0.15) is 23.1 Å². The zero-order valence-corrected chi connectivity index (χ0v) is 21.9. The van der Waals surface area contributed by atoms with Crippen LogP contribution in [0.5, 0.6) is 0 Å². The van der Waals surface area contributed by atoms with E-state index in [4.69, 9.17) is 32.5 Å². The van der Waals surface area contributed by atoms with Gasteiger partial charge in [-0.3, -0.25) is 9.32 Å². The van der Waals surface area contributed by atoms with Crippen LogP contribution in [0.4, 0.5) is 0 Å². The van der Waals surface area contributed by atoms with Crippen molar-refractivity contribution < 1.29 is 61.4 Å². The van der Waals surface area contributed by atoms with Gasteiger partial charge in [-0.05, 0) is 18.6 Å². The standard InChI is InChI=1S/C13H21N6O14P3S/c1-2-3-5-7-8(18(16-5)13(14)37)11(22)19(17-15-7)12-10(21)9(20)6(31-12)4-30-35(26,27)33-36(28,29)32-34(23,24)25/h6,9-10,12,20-21H,2-4H2,1H3,(H2,14,37)(H,26,27)(H,28,29)(H2,23,24,25). The molecule has 3 rings (SSSR count). The van der Waals surface area contributed by atoms with E-state index >= 15 is 0 Å². The lowest BCUT2D eigenvalue weighted by Gasteiger charge is -2.19. The van der Waals surface area contributed by atoms with E-state index in [0.29, 0.717) is 23.2 Å². The van der Waals surface area contributed by atoms with Crippen molar-refractivity contribution in [3.05, 3.63) is 16.0 Å². The molecule has 3 heterocycles. The summed E-state index contributed by atoms with van der Waals surface area (Å²) in [5.74, 6) is 0. The third kappa shape index (κ3) is 6.92. The maximum absolute atomic E-state index is 13.1. The van der Waals surface area contributed by atoms with Crippen molar-refractivity contribution in [2.45, 2.75) is 44.3 Å². The smallest absolute Gasteiger partial charge is 0.387 e. The number of aliphatic hydroxyl groups excluding tert-OH is 2. The van der Waals surface area contributed by atoms with Crippen LogP contribution in [0.3, 0.4) is 0 Å². The minimum absolute atomic E-state index is 0.0909. The number of aryl methyl sites for hydroxylation is 1. The lowest BCUT2D eigenvalue weighted by molar-refractivity contribution is -0.0611. The van der Waals surface area contributed by atoms with Crippen LogP contribution in [0.1, 0.15) is 25.3 Å². The molecule has 1 saturated heterocycles. The van der Waals surface area contributed by atoms with Crippen molar-refractivity contribution in [2.75, 3.05) is 6.61 Å². The summed E-state index contributed by atoms with van der Waals surface area (Å²) >= 11 is 4.91. The molecule has 0 amide bonds. The summed E-state index contributed by atoms with van der Waals surface area (Å²) in [7, 11) is -16.9. The van der Waals surface area contributed by atoms with Crippen molar-refractivity contribution in [3.8, 4) is 0 Å². The van der Waals surface area contributed by atoms with Gasteiger partial charge < -0.3 is 40.3 Å². The molecule has 6 atom stereocenters.